The number of aryl methyl sites for hydroxylation is 4. The lowest BCUT2D eigenvalue weighted by Gasteiger charge is -2.37. The van der Waals surface area contributed by atoms with Gasteiger partial charge in [-0.15, -0.1) is 0 Å². The summed E-state index contributed by atoms with van der Waals surface area (Å²) in [5.74, 6) is -2.30. The van der Waals surface area contributed by atoms with E-state index >= 15 is 28.8 Å². The molecule has 13 rings (SSSR count). The van der Waals surface area contributed by atoms with Crippen molar-refractivity contribution in [2.24, 2.45) is 11.8 Å². The molecule has 6 amide bonds. The van der Waals surface area contributed by atoms with Crippen molar-refractivity contribution >= 4 is 101 Å². The summed E-state index contributed by atoms with van der Waals surface area (Å²) in [4.78, 5) is 104. The minimum atomic E-state index is -1.34. The molecular weight excluding hydrogens is 1350 g/mol. The predicted octanol–water partition coefficient (Wildman–Crippen LogP) is 22.1. The normalized spacial score (nSPS) is 14.1. The van der Waals surface area contributed by atoms with E-state index in [1.807, 2.05) is 166 Å². The molecule has 2 heterocycles. The Morgan fingerprint density at radius 2 is 0.574 bits per heavy atom. The summed E-state index contributed by atoms with van der Waals surface area (Å²) in [7, 11) is 7.71. The number of nitrogens with zero attached hydrogens (tertiary/aromatic N) is 4. The Kier molecular flexibility index (Phi) is 20.5. The van der Waals surface area contributed by atoms with Crippen LogP contribution in [0, 0.1) is 39.5 Å². The summed E-state index contributed by atoms with van der Waals surface area (Å²) < 4.78 is 30.1. The van der Waals surface area contributed by atoms with E-state index in [1.165, 1.54) is 0 Å². The van der Waals surface area contributed by atoms with Crippen LogP contribution in [0.25, 0.3) is 43.1 Å². The van der Waals surface area contributed by atoms with Gasteiger partial charge in [0.1, 0.15) is 58.1 Å². The Labute approximate surface area is 633 Å². The van der Waals surface area contributed by atoms with Crippen molar-refractivity contribution in [3.63, 3.8) is 0 Å². The van der Waals surface area contributed by atoms with E-state index in [1.54, 1.807) is 48.5 Å². The van der Waals surface area contributed by atoms with Gasteiger partial charge in [-0.2, -0.15) is 0 Å². The number of anilines is 4. The number of hydrogen-bond acceptors (Lipinski definition) is 12. The average molecular weight is 1450 g/mol. The third-order valence-corrected chi connectivity index (χ3v) is 22.1. The molecule has 2 aliphatic heterocycles. The van der Waals surface area contributed by atoms with E-state index in [0.717, 1.165) is 65.7 Å². The predicted molar refractivity (Wildman–Crippen MR) is 435 cm³/mol. The highest BCUT2D eigenvalue weighted by molar-refractivity contribution is 6.45. The summed E-state index contributed by atoms with van der Waals surface area (Å²) in [6.45, 7) is 32.4. The van der Waals surface area contributed by atoms with Crippen LogP contribution >= 0.6 is 0 Å². The number of ether oxygens (including phenoxy) is 4. The van der Waals surface area contributed by atoms with Crippen LogP contribution < -0.4 is 39.4 Å². The Balaban J connectivity index is 1.21. The number of fused-ring (bicyclic) bond motifs is 2. The van der Waals surface area contributed by atoms with Gasteiger partial charge in [-0.25, -0.2) is 0 Å². The molecule has 556 valence electrons. The molecule has 16 heteroatoms. The summed E-state index contributed by atoms with van der Waals surface area (Å²) in [5.41, 5.74) is 10.3. The lowest BCUT2D eigenvalue weighted by atomic mass is 9.79. The van der Waals surface area contributed by atoms with Crippen molar-refractivity contribution in [3.05, 3.63) is 212 Å². The lowest BCUT2D eigenvalue weighted by molar-refractivity contribution is -0.122. The smallest absolute Gasteiger partial charge is 0.262 e. The van der Waals surface area contributed by atoms with Gasteiger partial charge in [-0.1, -0.05) is 144 Å². The third kappa shape index (κ3) is 13.5. The first-order valence-electron chi connectivity index (χ1n) is 37.8. The summed E-state index contributed by atoms with van der Waals surface area (Å²) >= 11 is 0. The fourth-order valence-electron chi connectivity index (χ4n) is 15.3. The number of benzene rings is 11. The van der Waals surface area contributed by atoms with Gasteiger partial charge in [0.2, 0.25) is 11.8 Å². The topological polar surface area (TPSA) is 176 Å². The fraction of sp³-hybridized carbons (Fsp3) is 0.326. The molecule has 4 atom stereocenters. The largest absolute Gasteiger partial charge is 0.456 e. The van der Waals surface area contributed by atoms with E-state index in [4.69, 9.17) is 18.9 Å². The highest BCUT2D eigenvalue weighted by Gasteiger charge is 2.48. The molecule has 2 N–H and O–H groups in total. The molecule has 2 aliphatic rings. The number of hydrogen-bond donors (Lipinski definition) is 2. The number of carbonyl (C=O) groups excluding carboxylic acids is 6. The van der Waals surface area contributed by atoms with Gasteiger partial charge in [-0.05, 0) is 205 Å². The van der Waals surface area contributed by atoms with Crippen molar-refractivity contribution in [1.29, 1.82) is 0 Å². The number of carbonyl (C=O) groups is 6. The molecule has 108 heavy (non-hydrogen) atoms. The van der Waals surface area contributed by atoms with Gasteiger partial charge in [-0.3, -0.25) is 38.6 Å². The van der Waals surface area contributed by atoms with Crippen LogP contribution in [0.5, 0.6) is 46.0 Å². The minimum absolute atomic E-state index is 0.0553. The second-order valence-corrected chi connectivity index (χ2v) is 31.3. The van der Waals surface area contributed by atoms with Crippen LogP contribution in [0.1, 0.15) is 206 Å². The van der Waals surface area contributed by atoms with Crippen LogP contribution in [0.3, 0.4) is 0 Å². The highest BCUT2D eigenvalue weighted by atomic mass is 16.5. The summed E-state index contributed by atoms with van der Waals surface area (Å²) in [5, 5.41) is 8.65. The molecule has 0 saturated heterocycles. The molecule has 0 spiro atoms. The SMILES string of the molecule is CCC(C)C(C(=O)Nc1ccc(N(C)C)cc1)N1C(=O)c2cc(Oc3ccc(C(C)C)cc3C)c3c4c(Oc5ccc(C(C)C)cc5C)cc5c6c(cc(Oc7ccc(C(C)C)cc7C)c(c7c(Oc8ccc(C(C)C)cc8C)cc(c2c37)C1=O)c64)C(=O)N(C(C(=O)Nc1ccc(N(C)C)cc1)C(C)CC)C5=O. The average Bonchev–Trinajstić information content (AvgIpc) is 0.667. The second-order valence-electron chi connectivity index (χ2n) is 31.3. The molecule has 16 nitrogen and oxygen atoms in total. The summed E-state index contributed by atoms with van der Waals surface area (Å²) in [6.07, 6.45) is 0.814. The van der Waals surface area contributed by atoms with Crippen molar-refractivity contribution < 1.29 is 47.7 Å². The van der Waals surface area contributed by atoms with E-state index in [-0.39, 0.29) is 79.7 Å². The van der Waals surface area contributed by atoms with Crippen LogP contribution in [0.2, 0.25) is 0 Å². The van der Waals surface area contributed by atoms with Crippen LogP contribution in [-0.2, 0) is 9.59 Å². The molecule has 0 bridgehead atoms. The van der Waals surface area contributed by atoms with Crippen LogP contribution in [0.15, 0.2) is 146 Å². The quantitative estimate of drug-likeness (QED) is 0.0333. The number of rotatable bonds is 24. The molecule has 0 aromatic heterocycles. The van der Waals surface area contributed by atoms with Gasteiger partial charge < -0.3 is 39.4 Å². The third-order valence-electron chi connectivity index (χ3n) is 22.1. The maximum absolute atomic E-state index is 16.7. The first-order valence-corrected chi connectivity index (χ1v) is 37.8. The highest BCUT2D eigenvalue weighted by Crippen LogP contribution is 2.59. The number of nitrogens with one attached hydrogen (secondary N) is 2. The zero-order valence-corrected chi connectivity index (χ0v) is 65.8. The standard InChI is InChI=1S/C92H98N6O10/c1-21-51(11)85(87(99)93-61-27-31-63(32-28-61)95(17)18)97-89(101)65-43-73(105-69-35-23-57(47(3)4)39-53(69)13)79-81-75(107-71-37-25-59(49(7)8)41-55(71)15)45-67-78-68(92(104)98(91(67)103)86(52(12)22-2)88(100)94-62-29-33-64(34-30-62)96(19)20)46-76(108-72-38-26-60(50(9)10)42-56(72)16)82(84(78)81)80-74(44-66(90(97)102)77(65)83(79)80)106-70-36-24-58(48(5)6)40-54(70)14/h23-52,85-86H,21-22H2,1-20H3,(H,93,99)(H,94,100). The molecule has 0 radical (unpaired) electrons. The Morgan fingerprint density at radius 1 is 0.333 bits per heavy atom. The van der Waals surface area contributed by atoms with Crippen molar-refractivity contribution in [3.8, 4) is 46.0 Å². The van der Waals surface area contributed by atoms with E-state index in [0.29, 0.717) is 79.5 Å². The monoisotopic (exact) mass is 1450 g/mol. The van der Waals surface area contributed by atoms with Crippen molar-refractivity contribution in [2.75, 3.05) is 48.6 Å². The first-order chi connectivity index (χ1) is 51.4. The zero-order valence-electron chi connectivity index (χ0n) is 65.8. The molecule has 0 aliphatic carbocycles. The van der Waals surface area contributed by atoms with Gasteiger partial charge >= 0.3 is 0 Å². The van der Waals surface area contributed by atoms with Crippen molar-refractivity contribution in [1.82, 2.24) is 9.80 Å². The maximum atomic E-state index is 16.7. The Morgan fingerprint density at radius 3 is 0.778 bits per heavy atom. The number of imide groups is 2. The van der Waals surface area contributed by atoms with Gasteiger partial charge in [0.15, 0.2) is 0 Å². The number of amides is 6. The van der Waals surface area contributed by atoms with E-state index in [9.17, 15) is 0 Å². The van der Waals surface area contributed by atoms with Gasteiger partial charge in [0, 0.05) is 94.0 Å². The van der Waals surface area contributed by atoms with Crippen LogP contribution in [0.4, 0.5) is 22.7 Å². The van der Waals surface area contributed by atoms with Gasteiger partial charge in [0.25, 0.3) is 23.6 Å². The Bertz CT molecular complexity index is 4880. The van der Waals surface area contributed by atoms with E-state index < -0.39 is 59.4 Å². The maximum Gasteiger partial charge on any atom is 0.262 e. The molecule has 11 aromatic carbocycles. The Hall–Kier alpha value is -11.3. The molecule has 4 unspecified atom stereocenters. The van der Waals surface area contributed by atoms with Crippen LogP contribution in [-0.4, -0.2) is 85.5 Å². The first kappa shape index (κ1) is 75.0. The van der Waals surface area contributed by atoms with Crippen molar-refractivity contribution in [2.45, 2.75) is 159 Å². The fourth-order valence-corrected chi connectivity index (χ4v) is 15.3. The zero-order chi connectivity index (χ0) is 77.5. The van der Waals surface area contributed by atoms with E-state index in [2.05, 4.69) is 90.3 Å². The molecule has 0 fully saturated rings. The minimum Gasteiger partial charge on any atom is -0.456 e. The van der Waals surface area contributed by atoms with Gasteiger partial charge in [0.05, 0.1) is 22.3 Å². The second kappa shape index (κ2) is 29.5. The molecule has 11 aromatic rings. The molecule has 0 saturated carbocycles. The lowest BCUT2D eigenvalue weighted by Crippen LogP contribution is -2.55. The molecular formula is C92H98N6O10. The summed E-state index contributed by atoms with van der Waals surface area (Å²) in [6, 6.07) is 42.6.